The highest BCUT2D eigenvalue weighted by Gasteiger charge is 2.25. The molecule has 2 atom stereocenters. The molecule has 8 nitrogen and oxygen atoms in total. The first-order valence-electron chi connectivity index (χ1n) is 14.2. The molecule has 2 amide bonds. The molecule has 0 heterocycles. The van der Waals surface area contributed by atoms with Crippen LogP contribution in [0.4, 0.5) is 0 Å². The standard InChI is InChI=1S/C31H51N3O5/c1-10-34(11-2)31(36)27(23(5)6)16-13-12-15-26(22(3)4)30(33-32-24(7)35)25-17-18-28(38-9)29(21-25)39-20-14-19-37-8/h12-13,17-18,21-23,26-27H,10-11,14-16,19-20H2,1-9H3,(H,32,35)/b13-12+,33-30?. The van der Waals surface area contributed by atoms with Crippen LogP contribution in [0.5, 0.6) is 11.5 Å². The number of nitrogens with zero attached hydrogens (tertiary/aromatic N) is 2. The zero-order valence-corrected chi connectivity index (χ0v) is 25.6. The van der Waals surface area contributed by atoms with Gasteiger partial charge in [-0.25, -0.2) is 5.43 Å². The number of rotatable bonds is 18. The maximum atomic E-state index is 13.0. The van der Waals surface area contributed by atoms with Crippen molar-refractivity contribution in [3.63, 3.8) is 0 Å². The van der Waals surface area contributed by atoms with Crippen LogP contribution in [-0.2, 0) is 14.3 Å². The summed E-state index contributed by atoms with van der Waals surface area (Å²) in [5.74, 6) is 1.71. The Labute approximate surface area is 236 Å². The Morgan fingerprint density at radius 1 is 0.949 bits per heavy atom. The number of benzene rings is 1. The fourth-order valence-electron chi connectivity index (χ4n) is 4.45. The second-order valence-corrected chi connectivity index (χ2v) is 10.4. The molecule has 0 saturated carbocycles. The van der Waals surface area contributed by atoms with Gasteiger partial charge in [0.1, 0.15) is 0 Å². The highest BCUT2D eigenvalue weighted by molar-refractivity contribution is 6.03. The number of hydrazone groups is 1. The lowest BCUT2D eigenvalue weighted by molar-refractivity contribution is -0.136. The number of methoxy groups -OCH3 is 2. The zero-order valence-electron chi connectivity index (χ0n) is 25.6. The lowest BCUT2D eigenvalue weighted by atomic mass is 9.84. The van der Waals surface area contributed by atoms with Gasteiger partial charge in [-0.05, 0) is 56.7 Å². The predicted octanol–water partition coefficient (Wildman–Crippen LogP) is 5.70. The van der Waals surface area contributed by atoms with Gasteiger partial charge in [-0.1, -0.05) is 39.8 Å². The van der Waals surface area contributed by atoms with Crippen LogP contribution in [0.15, 0.2) is 35.5 Å². The van der Waals surface area contributed by atoms with Gasteiger partial charge in [0.25, 0.3) is 0 Å². The molecule has 1 aromatic rings. The predicted molar refractivity (Wildman–Crippen MR) is 158 cm³/mol. The Bertz CT molecular complexity index is 938. The second-order valence-electron chi connectivity index (χ2n) is 10.4. The maximum absolute atomic E-state index is 13.0. The van der Waals surface area contributed by atoms with Crippen LogP contribution in [0.1, 0.15) is 73.3 Å². The number of nitrogens with one attached hydrogen (secondary N) is 1. The topological polar surface area (TPSA) is 89.5 Å². The summed E-state index contributed by atoms with van der Waals surface area (Å²) in [5, 5.41) is 4.54. The summed E-state index contributed by atoms with van der Waals surface area (Å²) >= 11 is 0. The Balaban J connectivity index is 3.24. The summed E-state index contributed by atoms with van der Waals surface area (Å²) in [5.41, 5.74) is 4.27. The molecule has 0 fully saturated rings. The van der Waals surface area contributed by atoms with Crippen molar-refractivity contribution in [2.45, 2.75) is 67.7 Å². The highest BCUT2D eigenvalue weighted by atomic mass is 16.5. The third-order valence-corrected chi connectivity index (χ3v) is 6.84. The quantitative estimate of drug-likeness (QED) is 0.111. The van der Waals surface area contributed by atoms with Gasteiger partial charge >= 0.3 is 0 Å². The number of hydrogen-bond acceptors (Lipinski definition) is 6. The largest absolute Gasteiger partial charge is 0.493 e. The van der Waals surface area contributed by atoms with Gasteiger partial charge in [0, 0.05) is 57.6 Å². The van der Waals surface area contributed by atoms with E-state index in [4.69, 9.17) is 14.2 Å². The van der Waals surface area contributed by atoms with Gasteiger partial charge in [0.2, 0.25) is 11.8 Å². The van der Waals surface area contributed by atoms with Crippen LogP contribution in [0, 0.1) is 23.7 Å². The van der Waals surface area contributed by atoms with Crippen molar-refractivity contribution >= 4 is 17.5 Å². The van der Waals surface area contributed by atoms with Crippen LogP contribution in [0.3, 0.4) is 0 Å². The van der Waals surface area contributed by atoms with Crippen LogP contribution >= 0.6 is 0 Å². The van der Waals surface area contributed by atoms with Crippen LogP contribution < -0.4 is 14.9 Å². The fraction of sp³-hybridized carbons (Fsp3) is 0.645. The maximum Gasteiger partial charge on any atom is 0.236 e. The summed E-state index contributed by atoms with van der Waals surface area (Å²) in [4.78, 5) is 26.7. The van der Waals surface area contributed by atoms with E-state index in [-0.39, 0.29) is 35.5 Å². The van der Waals surface area contributed by atoms with Gasteiger partial charge < -0.3 is 19.1 Å². The van der Waals surface area contributed by atoms with Crippen LogP contribution in [-0.4, -0.2) is 62.9 Å². The van der Waals surface area contributed by atoms with E-state index in [0.29, 0.717) is 31.1 Å². The van der Waals surface area contributed by atoms with E-state index in [1.165, 1.54) is 6.92 Å². The Kier molecular flexibility index (Phi) is 16.1. The zero-order chi connectivity index (χ0) is 29.4. The van der Waals surface area contributed by atoms with Gasteiger partial charge in [-0.3, -0.25) is 9.59 Å². The minimum absolute atomic E-state index is 0.0267. The Morgan fingerprint density at radius 2 is 1.56 bits per heavy atom. The van der Waals surface area contributed by atoms with E-state index in [0.717, 1.165) is 37.2 Å². The van der Waals surface area contributed by atoms with Crippen molar-refractivity contribution in [3.8, 4) is 11.5 Å². The lowest BCUT2D eigenvalue weighted by Gasteiger charge is -2.27. The van der Waals surface area contributed by atoms with E-state index in [9.17, 15) is 9.59 Å². The number of amides is 2. The summed E-state index contributed by atoms with van der Waals surface area (Å²) in [7, 11) is 3.28. The van der Waals surface area contributed by atoms with E-state index in [2.05, 4.69) is 50.4 Å². The number of carbonyl (C=O) groups excluding carboxylic acids is 2. The molecule has 0 aliphatic heterocycles. The van der Waals surface area contributed by atoms with Crippen molar-refractivity contribution in [1.82, 2.24) is 10.3 Å². The monoisotopic (exact) mass is 545 g/mol. The highest BCUT2D eigenvalue weighted by Crippen LogP contribution is 2.31. The molecule has 0 aliphatic rings. The van der Waals surface area contributed by atoms with E-state index >= 15 is 0 Å². The minimum Gasteiger partial charge on any atom is -0.493 e. The molecule has 1 N–H and O–H groups in total. The summed E-state index contributed by atoms with van der Waals surface area (Å²) in [6.07, 6.45) is 6.43. The third-order valence-electron chi connectivity index (χ3n) is 6.84. The molecule has 8 heteroatoms. The number of ether oxygens (including phenoxy) is 3. The van der Waals surface area contributed by atoms with Gasteiger partial charge in [0.05, 0.1) is 19.4 Å². The molecule has 0 radical (unpaired) electrons. The molecule has 1 aromatic carbocycles. The van der Waals surface area contributed by atoms with Crippen molar-refractivity contribution in [2.75, 3.05) is 40.5 Å². The second kappa shape index (κ2) is 18.4. The third kappa shape index (κ3) is 11.4. The fourth-order valence-corrected chi connectivity index (χ4v) is 4.45. The first-order chi connectivity index (χ1) is 18.6. The molecule has 39 heavy (non-hydrogen) atoms. The average Bonchev–Trinajstić information content (AvgIpc) is 2.90. The Morgan fingerprint density at radius 3 is 2.08 bits per heavy atom. The first kappa shape index (κ1) is 34.2. The van der Waals surface area contributed by atoms with E-state index in [1.54, 1.807) is 14.2 Å². The van der Waals surface area contributed by atoms with Crippen molar-refractivity contribution < 1.29 is 23.8 Å². The van der Waals surface area contributed by atoms with Crippen LogP contribution in [0.2, 0.25) is 0 Å². The van der Waals surface area contributed by atoms with E-state index < -0.39 is 0 Å². The molecule has 220 valence electrons. The first-order valence-corrected chi connectivity index (χ1v) is 14.2. The summed E-state index contributed by atoms with van der Waals surface area (Å²) in [6, 6.07) is 5.73. The molecule has 1 rings (SSSR count). The lowest BCUT2D eigenvalue weighted by Crippen LogP contribution is -2.37. The number of allylic oxidation sites excluding steroid dienone is 2. The minimum atomic E-state index is -0.232. The molecular formula is C31H51N3O5. The van der Waals surface area contributed by atoms with Crippen molar-refractivity contribution in [1.29, 1.82) is 0 Å². The van der Waals surface area contributed by atoms with Gasteiger partial charge in [0.15, 0.2) is 11.5 Å². The molecule has 0 saturated heterocycles. The average molecular weight is 546 g/mol. The number of hydrogen-bond donors (Lipinski definition) is 1. The molecule has 2 unspecified atom stereocenters. The smallest absolute Gasteiger partial charge is 0.236 e. The normalized spacial score (nSPS) is 13.6. The SMILES string of the molecule is CCN(CC)C(=O)C(C/C=C/CC(C(=NNC(C)=O)c1ccc(OC)c(OCCCOC)c1)C(C)C)C(C)C. The van der Waals surface area contributed by atoms with Crippen molar-refractivity contribution in [3.05, 3.63) is 35.9 Å². The molecule has 0 bridgehead atoms. The number of carbonyl (C=O) groups is 2. The molecular weight excluding hydrogens is 494 g/mol. The van der Waals surface area contributed by atoms with Gasteiger partial charge in [-0.15, -0.1) is 0 Å². The van der Waals surface area contributed by atoms with Gasteiger partial charge in [-0.2, -0.15) is 5.10 Å². The van der Waals surface area contributed by atoms with E-state index in [1.807, 2.05) is 36.9 Å². The Hall–Kier alpha value is -2.87. The molecule has 0 spiro atoms. The molecule has 0 aliphatic carbocycles. The van der Waals surface area contributed by atoms with Crippen molar-refractivity contribution in [2.24, 2.45) is 28.8 Å². The summed E-state index contributed by atoms with van der Waals surface area (Å²) < 4.78 is 16.6. The summed E-state index contributed by atoms with van der Waals surface area (Å²) in [6.45, 7) is 16.5. The molecule has 0 aromatic heterocycles. The van der Waals surface area contributed by atoms with Crippen LogP contribution in [0.25, 0.3) is 0 Å².